The third-order valence-corrected chi connectivity index (χ3v) is 8.00. The van der Waals surface area contributed by atoms with E-state index in [-0.39, 0.29) is 0 Å². The fourth-order valence-electron chi connectivity index (χ4n) is 5.94. The molecule has 0 aromatic heterocycles. The Balaban J connectivity index is 1.83. The van der Waals surface area contributed by atoms with Gasteiger partial charge in [-0.2, -0.15) is 0 Å². The lowest BCUT2D eigenvalue weighted by Crippen LogP contribution is -2.45. The summed E-state index contributed by atoms with van der Waals surface area (Å²) in [6, 6.07) is 20.8. The van der Waals surface area contributed by atoms with E-state index in [1.54, 1.807) is 0 Å². The molecule has 1 aliphatic carbocycles. The average molecular weight is 531 g/mol. The Labute approximate surface area is 236 Å². The van der Waals surface area contributed by atoms with Crippen molar-refractivity contribution in [3.8, 4) is 0 Å². The molecule has 2 N–H and O–H groups in total. The van der Waals surface area contributed by atoms with E-state index >= 15 is 0 Å². The average Bonchev–Trinajstić information content (AvgIpc) is 2.96. The van der Waals surface area contributed by atoms with E-state index in [1.165, 1.54) is 11.1 Å². The van der Waals surface area contributed by atoms with Crippen molar-refractivity contribution < 1.29 is 9.59 Å². The van der Waals surface area contributed by atoms with Crippen LogP contribution in [0.2, 0.25) is 0 Å². The summed E-state index contributed by atoms with van der Waals surface area (Å²) in [4.78, 5) is 27.9. The molecule has 4 aromatic carbocycles. The van der Waals surface area contributed by atoms with Gasteiger partial charge in [-0.05, 0) is 84.7 Å². The maximum absolute atomic E-state index is 13.9. The molecule has 0 spiro atoms. The summed E-state index contributed by atoms with van der Waals surface area (Å²) in [6.45, 7) is 12.7. The number of Topliss-reactive ketones (excluding diaryl/α,β-unsaturated/α-hetero) is 2. The summed E-state index contributed by atoms with van der Waals surface area (Å²) in [6.07, 6.45) is 3.29. The van der Waals surface area contributed by atoms with Crippen LogP contribution in [0.15, 0.2) is 60.7 Å². The standard InChI is InChI=1S/C36H38N2O2/c1-7-23-15-21(5)16-24(8-2)31(23)37-33-29-19-27-13-11-12-14-28(27)20-30(29)34(36(40)35(33)39)38-32-25(9-3)17-22(6)18-26(32)10-4/h11-20,37-38H,7-10H2,1-6H3. The summed E-state index contributed by atoms with van der Waals surface area (Å²) < 4.78 is 0. The van der Waals surface area contributed by atoms with Crippen LogP contribution >= 0.6 is 0 Å². The van der Waals surface area contributed by atoms with Gasteiger partial charge in [0.15, 0.2) is 0 Å². The van der Waals surface area contributed by atoms with Crippen molar-refractivity contribution in [1.82, 2.24) is 0 Å². The first-order valence-corrected chi connectivity index (χ1v) is 14.4. The van der Waals surface area contributed by atoms with Gasteiger partial charge in [0.2, 0.25) is 0 Å². The van der Waals surface area contributed by atoms with Crippen molar-refractivity contribution in [2.75, 3.05) is 10.6 Å². The molecule has 204 valence electrons. The highest BCUT2D eigenvalue weighted by Crippen LogP contribution is 2.29. The molecule has 0 bridgehead atoms. The quantitative estimate of drug-likeness (QED) is 0.263. The van der Waals surface area contributed by atoms with Crippen molar-refractivity contribution in [1.29, 1.82) is 0 Å². The van der Waals surface area contributed by atoms with E-state index in [4.69, 9.17) is 0 Å². The zero-order valence-corrected chi connectivity index (χ0v) is 24.4. The molecule has 1 aliphatic rings. The Morgan fingerprint density at radius 1 is 0.525 bits per heavy atom. The minimum Gasteiger partial charge on any atom is -0.351 e. The van der Waals surface area contributed by atoms with E-state index in [0.29, 0.717) is 11.4 Å². The summed E-state index contributed by atoms with van der Waals surface area (Å²) >= 11 is 0. The van der Waals surface area contributed by atoms with Crippen molar-refractivity contribution in [2.45, 2.75) is 67.2 Å². The number of fused-ring (bicyclic) bond motifs is 2. The lowest BCUT2D eigenvalue weighted by Gasteiger charge is -2.23. The van der Waals surface area contributed by atoms with Gasteiger partial charge in [0, 0.05) is 21.8 Å². The van der Waals surface area contributed by atoms with Gasteiger partial charge in [0.05, 0.1) is 11.4 Å². The first-order chi connectivity index (χ1) is 19.3. The number of benzene rings is 4. The molecular weight excluding hydrogens is 492 g/mol. The molecule has 0 heterocycles. The lowest BCUT2D eigenvalue weighted by atomic mass is 9.93. The Kier molecular flexibility index (Phi) is 7.62. The van der Waals surface area contributed by atoms with Crippen molar-refractivity contribution in [3.63, 3.8) is 0 Å². The van der Waals surface area contributed by atoms with Crippen LogP contribution in [0, 0.1) is 13.8 Å². The van der Waals surface area contributed by atoms with E-state index in [9.17, 15) is 9.59 Å². The molecule has 4 aromatic rings. The second-order valence-electron chi connectivity index (χ2n) is 10.7. The van der Waals surface area contributed by atoms with E-state index in [0.717, 1.165) is 80.5 Å². The molecule has 0 amide bonds. The Bertz CT molecular complexity index is 1610. The summed E-state index contributed by atoms with van der Waals surface area (Å²) in [5.74, 6) is -1.03. The number of carbonyl (C=O) groups excluding carboxylic acids is 2. The van der Waals surface area contributed by atoms with Gasteiger partial charge in [-0.3, -0.25) is 9.59 Å². The molecule has 4 heteroatoms. The fraction of sp³-hybridized carbons (Fsp3) is 0.278. The number of anilines is 2. The Morgan fingerprint density at radius 2 is 0.850 bits per heavy atom. The second-order valence-corrected chi connectivity index (χ2v) is 10.7. The molecule has 4 nitrogen and oxygen atoms in total. The van der Waals surface area contributed by atoms with Gasteiger partial charge in [-0.1, -0.05) is 87.4 Å². The van der Waals surface area contributed by atoms with Gasteiger partial charge < -0.3 is 10.6 Å². The molecule has 0 fully saturated rings. The Morgan fingerprint density at radius 3 is 1.15 bits per heavy atom. The number of ketones is 2. The zero-order chi connectivity index (χ0) is 28.6. The van der Waals surface area contributed by atoms with Crippen LogP contribution in [0.4, 0.5) is 11.4 Å². The number of hydrogen-bond acceptors (Lipinski definition) is 4. The highest BCUT2D eigenvalue weighted by atomic mass is 16.2. The van der Waals surface area contributed by atoms with Crippen molar-refractivity contribution >= 4 is 45.1 Å². The summed E-state index contributed by atoms with van der Waals surface area (Å²) in [5, 5.41) is 10.5. The third kappa shape index (κ3) is 4.83. The monoisotopic (exact) mass is 530 g/mol. The summed E-state index contributed by atoms with van der Waals surface area (Å²) in [7, 11) is 0. The van der Waals surface area contributed by atoms with Crippen LogP contribution in [0.3, 0.4) is 0 Å². The number of aryl methyl sites for hydroxylation is 6. The SMILES string of the molecule is CCc1cc(C)cc(CC)c1NC1=c2cc3ccccc3cc2=C(Nc2c(CC)cc(C)cc2CC)C(=O)C1=O. The lowest BCUT2D eigenvalue weighted by molar-refractivity contribution is -0.130. The third-order valence-electron chi connectivity index (χ3n) is 8.00. The van der Waals surface area contributed by atoms with E-state index in [1.807, 2.05) is 36.4 Å². The molecule has 0 saturated carbocycles. The van der Waals surface area contributed by atoms with Gasteiger partial charge in [-0.15, -0.1) is 0 Å². The van der Waals surface area contributed by atoms with Crippen LogP contribution in [0.1, 0.15) is 61.1 Å². The molecule has 5 rings (SSSR count). The van der Waals surface area contributed by atoms with Crippen LogP contribution in [-0.4, -0.2) is 11.6 Å². The minimum atomic E-state index is -0.516. The maximum atomic E-state index is 13.9. The van der Waals surface area contributed by atoms with Crippen molar-refractivity contribution in [2.24, 2.45) is 0 Å². The van der Waals surface area contributed by atoms with Crippen LogP contribution in [-0.2, 0) is 35.3 Å². The molecule has 0 radical (unpaired) electrons. The first-order valence-electron chi connectivity index (χ1n) is 14.4. The predicted molar refractivity (Wildman–Crippen MR) is 167 cm³/mol. The highest BCUT2D eigenvalue weighted by molar-refractivity contribution is 6.64. The topological polar surface area (TPSA) is 58.2 Å². The van der Waals surface area contributed by atoms with Crippen molar-refractivity contribution in [3.05, 3.63) is 104 Å². The molecule has 0 saturated heterocycles. The second kappa shape index (κ2) is 11.1. The molecule has 0 atom stereocenters. The fourth-order valence-corrected chi connectivity index (χ4v) is 5.94. The Hall–Kier alpha value is -4.18. The van der Waals surface area contributed by atoms with Gasteiger partial charge in [-0.25, -0.2) is 0 Å². The number of nitrogens with one attached hydrogen (secondary N) is 2. The molecule has 40 heavy (non-hydrogen) atoms. The van der Waals surface area contributed by atoms with Gasteiger partial charge >= 0.3 is 0 Å². The van der Waals surface area contributed by atoms with Gasteiger partial charge in [0.1, 0.15) is 0 Å². The first kappa shape index (κ1) is 27.4. The number of hydrogen-bond donors (Lipinski definition) is 2. The van der Waals surface area contributed by atoms with Gasteiger partial charge in [0.25, 0.3) is 11.6 Å². The zero-order valence-electron chi connectivity index (χ0n) is 24.4. The predicted octanol–water partition coefficient (Wildman–Crippen LogP) is 6.30. The minimum absolute atomic E-state index is 0.347. The normalized spacial score (nSPS) is 13.2. The highest BCUT2D eigenvalue weighted by Gasteiger charge is 2.31. The van der Waals surface area contributed by atoms with Crippen LogP contribution in [0.5, 0.6) is 0 Å². The maximum Gasteiger partial charge on any atom is 0.251 e. The van der Waals surface area contributed by atoms with E-state index in [2.05, 4.69) is 76.4 Å². The van der Waals surface area contributed by atoms with E-state index < -0.39 is 11.6 Å². The number of rotatable bonds is 8. The number of carbonyl (C=O) groups is 2. The molecular formula is C36H38N2O2. The van der Waals surface area contributed by atoms with Crippen LogP contribution in [0.25, 0.3) is 22.2 Å². The summed E-state index contributed by atoms with van der Waals surface area (Å²) in [5.41, 5.74) is 9.50. The molecule has 0 aliphatic heterocycles. The smallest absolute Gasteiger partial charge is 0.251 e. The molecule has 0 unspecified atom stereocenters. The van der Waals surface area contributed by atoms with Crippen LogP contribution < -0.4 is 21.1 Å². The largest absolute Gasteiger partial charge is 0.351 e.